The predicted octanol–water partition coefficient (Wildman–Crippen LogP) is 3.26. The average Bonchev–Trinajstić information content (AvgIpc) is 2.72. The molecule has 154 valence electrons. The highest BCUT2D eigenvalue weighted by molar-refractivity contribution is 9.10. The number of benzene rings is 2. The maximum absolute atomic E-state index is 12.2. The summed E-state index contributed by atoms with van der Waals surface area (Å²) in [5.74, 6) is 0.417. The highest BCUT2D eigenvalue weighted by Crippen LogP contribution is 2.21. The van der Waals surface area contributed by atoms with Gasteiger partial charge in [-0.15, -0.1) is 0 Å². The maximum atomic E-state index is 12.2. The van der Waals surface area contributed by atoms with E-state index in [-0.39, 0.29) is 11.7 Å². The lowest BCUT2D eigenvalue weighted by Gasteiger charge is -2.12. The van der Waals surface area contributed by atoms with Gasteiger partial charge in [0, 0.05) is 10.0 Å². The summed E-state index contributed by atoms with van der Waals surface area (Å²) in [6.07, 6.45) is 0.904. The number of aryl methyl sites for hydroxylation is 1. The molecule has 0 spiro atoms. The molecule has 0 aliphatic rings. The largest absolute Gasteiger partial charge is 0.494 e. The first-order chi connectivity index (χ1) is 13.9. The van der Waals surface area contributed by atoms with Crippen molar-refractivity contribution in [2.45, 2.75) is 20.3 Å². The summed E-state index contributed by atoms with van der Waals surface area (Å²) >= 11 is 8.41. The van der Waals surface area contributed by atoms with E-state index in [0.29, 0.717) is 23.7 Å². The Hall–Kier alpha value is -2.65. The van der Waals surface area contributed by atoms with Crippen molar-refractivity contribution in [1.29, 1.82) is 0 Å². The first kappa shape index (κ1) is 22.6. The number of amides is 2. The van der Waals surface area contributed by atoms with Crippen LogP contribution in [0.15, 0.2) is 46.9 Å². The van der Waals surface area contributed by atoms with Gasteiger partial charge in [-0.3, -0.25) is 25.8 Å². The van der Waals surface area contributed by atoms with Crippen LogP contribution in [0.1, 0.15) is 29.3 Å². The molecular formula is C20H22BrN3O4S. The Labute approximate surface area is 183 Å². The summed E-state index contributed by atoms with van der Waals surface area (Å²) < 4.78 is 11.8. The number of hydrogen-bond acceptors (Lipinski definition) is 5. The molecular weight excluding hydrogens is 458 g/mol. The van der Waals surface area contributed by atoms with E-state index >= 15 is 0 Å². The summed E-state index contributed by atoms with van der Waals surface area (Å²) in [5.41, 5.74) is 6.25. The molecule has 2 aromatic carbocycles. The van der Waals surface area contributed by atoms with Crippen molar-refractivity contribution >= 4 is 45.1 Å². The molecule has 0 aromatic heterocycles. The summed E-state index contributed by atoms with van der Waals surface area (Å²) in [4.78, 5) is 24.0. The second-order valence-corrected chi connectivity index (χ2v) is 7.29. The molecule has 2 amide bonds. The van der Waals surface area contributed by atoms with E-state index < -0.39 is 11.8 Å². The average molecular weight is 480 g/mol. The quantitative estimate of drug-likeness (QED) is 0.417. The summed E-state index contributed by atoms with van der Waals surface area (Å²) in [5, 5.41) is 2.45. The lowest BCUT2D eigenvalue weighted by Crippen LogP contribution is -2.49. The van der Waals surface area contributed by atoms with E-state index in [4.69, 9.17) is 21.7 Å². The third-order valence-electron chi connectivity index (χ3n) is 3.63. The third kappa shape index (κ3) is 7.71. The van der Waals surface area contributed by atoms with Gasteiger partial charge in [0.25, 0.3) is 11.8 Å². The Morgan fingerprint density at radius 1 is 1.03 bits per heavy atom. The Morgan fingerprint density at radius 2 is 1.72 bits per heavy atom. The highest BCUT2D eigenvalue weighted by atomic mass is 79.9. The van der Waals surface area contributed by atoms with Crippen LogP contribution in [0, 0.1) is 6.92 Å². The van der Waals surface area contributed by atoms with E-state index in [1.165, 1.54) is 0 Å². The molecule has 0 bridgehead atoms. The van der Waals surface area contributed by atoms with Gasteiger partial charge in [0.15, 0.2) is 11.7 Å². The molecule has 29 heavy (non-hydrogen) atoms. The Bertz CT molecular complexity index is 875. The van der Waals surface area contributed by atoms with Gasteiger partial charge in [0.2, 0.25) is 0 Å². The van der Waals surface area contributed by atoms with Gasteiger partial charge in [-0.05, 0) is 73.6 Å². The summed E-state index contributed by atoms with van der Waals surface area (Å²) in [6.45, 7) is 4.35. The molecule has 0 radical (unpaired) electrons. The molecule has 2 rings (SSSR count). The van der Waals surface area contributed by atoms with Crippen LogP contribution in [0.2, 0.25) is 0 Å². The van der Waals surface area contributed by atoms with Gasteiger partial charge in [-0.2, -0.15) is 0 Å². The van der Waals surface area contributed by atoms with E-state index in [9.17, 15) is 9.59 Å². The fourth-order valence-corrected chi connectivity index (χ4v) is 2.54. The van der Waals surface area contributed by atoms with Gasteiger partial charge >= 0.3 is 0 Å². The van der Waals surface area contributed by atoms with Crippen LogP contribution in [0.4, 0.5) is 0 Å². The maximum Gasteiger partial charge on any atom is 0.276 e. The van der Waals surface area contributed by atoms with E-state index in [0.717, 1.165) is 16.5 Å². The number of carbonyl (C=O) groups is 2. The molecule has 0 aliphatic heterocycles. The fraction of sp³-hybridized carbons (Fsp3) is 0.250. The number of halogens is 1. The van der Waals surface area contributed by atoms with Crippen molar-refractivity contribution in [3.63, 3.8) is 0 Å². The first-order valence-corrected chi connectivity index (χ1v) is 10.1. The zero-order valence-electron chi connectivity index (χ0n) is 16.1. The van der Waals surface area contributed by atoms with Gasteiger partial charge < -0.3 is 9.47 Å². The fourth-order valence-electron chi connectivity index (χ4n) is 2.15. The monoisotopic (exact) mass is 479 g/mol. The van der Waals surface area contributed by atoms with Crippen LogP contribution in [0.3, 0.4) is 0 Å². The number of carbonyl (C=O) groups excluding carboxylic acids is 2. The molecule has 7 nitrogen and oxygen atoms in total. The first-order valence-electron chi connectivity index (χ1n) is 8.91. The number of thiocarbonyl (C=S) groups is 1. The topological polar surface area (TPSA) is 88.7 Å². The van der Waals surface area contributed by atoms with E-state index in [1.54, 1.807) is 30.3 Å². The SMILES string of the molecule is CCCOc1ccc(C(=O)NC(=S)NNC(=O)COc2ccc(Br)c(C)c2)cc1. The molecule has 3 N–H and O–H groups in total. The van der Waals surface area contributed by atoms with E-state index in [1.807, 2.05) is 26.0 Å². The standard InChI is InChI=1S/C20H22BrN3O4S/c1-3-10-27-15-6-4-14(5-7-15)19(26)22-20(29)24-23-18(25)12-28-16-8-9-17(21)13(2)11-16/h4-9,11H,3,10,12H2,1-2H3,(H,23,25)(H2,22,24,26,29). The lowest BCUT2D eigenvalue weighted by molar-refractivity contribution is -0.123. The van der Waals surface area contributed by atoms with Gasteiger partial charge in [-0.25, -0.2) is 0 Å². The van der Waals surface area contributed by atoms with Gasteiger partial charge in [-0.1, -0.05) is 22.9 Å². The molecule has 0 unspecified atom stereocenters. The number of hydrazine groups is 1. The second kappa shape index (κ2) is 11.4. The van der Waals surface area contributed by atoms with Crippen LogP contribution in [0.5, 0.6) is 11.5 Å². The highest BCUT2D eigenvalue weighted by Gasteiger charge is 2.09. The minimum Gasteiger partial charge on any atom is -0.494 e. The molecule has 0 saturated carbocycles. The minimum absolute atomic E-state index is 0.0332. The second-order valence-electron chi connectivity index (χ2n) is 6.03. The van der Waals surface area contributed by atoms with Crippen molar-refractivity contribution in [2.75, 3.05) is 13.2 Å². The molecule has 0 saturated heterocycles. The van der Waals surface area contributed by atoms with Crippen molar-refractivity contribution in [3.8, 4) is 11.5 Å². The molecule has 0 atom stereocenters. The number of ether oxygens (including phenoxy) is 2. The van der Waals surface area contributed by atoms with Crippen molar-refractivity contribution in [3.05, 3.63) is 58.1 Å². The predicted molar refractivity (Wildman–Crippen MR) is 118 cm³/mol. The number of nitrogens with one attached hydrogen (secondary N) is 3. The van der Waals surface area contributed by atoms with Crippen LogP contribution in [0.25, 0.3) is 0 Å². The van der Waals surface area contributed by atoms with Crippen LogP contribution in [-0.4, -0.2) is 30.1 Å². The Morgan fingerprint density at radius 3 is 2.38 bits per heavy atom. The number of rotatable bonds is 7. The van der Waals surface area contributed by atoms with Crippen molar-refractivity contribution in [1.82, 2.24) is 16.2 Å². The minimum atomic E-state index is -0.445. The molecule has 2 aromatic rings. The van der Waals surface area contributed by atoms with Crippen LogP contribution >= 0.6 is 28.1 Å². The normalized spacial score (nSPS) is 10.0. The molecule has 0 aliphatic carbocycles. The Kier molecular flexibility index (Phi) is 8.88. The molecule has 0 fully saturated rings. The van der Waals surface area contributed by atoms with Crippen molar-refractivity contribution < 1.29 is 19.1 Å². The van der Waals surface area contributed by atoms with Gasteiger partial charge in [0.05, 0.1) is 6.61 Å². The third-order valence-corrected chi connectivity index (χ3v) is 4.73. The smallest absolute Gasteiger partial charge is 0.276 e. The zero-order valence-corrected chi connectivity index (χ0v) is 18.5. The Balaban J connectivity index is 1.73. The van der Waals surface area contributed by atoms with Crippen LogP contribution in [-0.2, 0) is 4.79 Å². The molecule has 0 heterocycles. The summed E-state index contributed by atoms with van der Waals surface area (Å²) in [7, 11) is 0. The van der Waals surface area contributed by atoms with Crippen molar-refractivity contribution in [2.24, 2.45) is 0 Å². The van der Waals surface area contributed by atoms with Crippen LogP contribution < -0.4 is 25.6 Å². The molecule has 9 heteroatoms. The van der Waals surface area contributed by atoms with E-state index in [2.05, 4.69) is 32.1 Å². The van der Waals surface area contributed by atoms with Gasteiger partial charge in [0.1, 0.15) is 11.5 Å². The summed E-state index contributed by atoms with van der Waals surface area (Å²) in [6, 6.07) is 12.1. The zero-order chi connectivity index (χ0) is 21.2. The number of hydrogen-bond donors (Lipinski definition) is 3. The lowest BCUT2D eigenvalue weighted by atomic mass is 10.2.